The Labute approximate surface area is 183 Å². The standard InChI is InChI=1S/C28H40O2/c1-3-5-15-29-27-13-11-23-17-21(7-9-25(23)19-27)22-8-10-26-20-28(30-16-6-4-2)14-12-24(26)18-22/h3-6,11,13,19,21-22,24,26,28H,7-10,12,14-18,20H2,1-2H3/t21?,22?,24-,26?,28-/m1/s1. The number of benzene rings is 1. The van der Waals surface area contributed by atoms with Gasteiger partial charge in [0.1, 0.15) is 12.4 Å². The Kier molecular flexibility index (Phi) is 7.71. The number of aryl methyl sites for hydroxylation is 1. The van der Waals surface area contributed by atoms with Gasteiger partial charge >= 0.3 is 0 Å². The zero-order valence-corrected chi connectivity index (χ0v) is 19.0. The SMILES string of the molecule is CC=CCOc1ccc2c(c1)CCC(C1CCC3C[C@H](OCC=CC)CC[C@@H]3C1)C2. The van der Waals surface area contributed by atoms with Crippen LogP contribution in [-0.4, -0.2) is 19.3 Å². The van der Waals surface area contributed by atoms with Crippen molar-refractivity contribution >= 4 is 0 Å². The van der Waals surface area contributed by atoms with E-state index < -0.39 is 0 Å². The summed E-state index contributed by atoms with van der Waals surface area (Å²) in [6.07, 6.45) is 21.0. The molecule has 2 fully saturated rings. The maximum absolute atomic E-state index is 6.09. The summed E-state index contributed by atoms with van der Waals surface area (Å²) in [5.41, 5.74) is 3.10. The smallest absolute Gasteiger partial charge is 0.120 e. The molecule has 3 aliphatic carbocycles. The Morgan fingerprint density at radius 3 is 2.37 bits per heavy atom. The van der Waals surface area contributed by atoms with Gasteiger partial charge in [-0.2, -0.15) is 0 Å². The van der Waals surface area contributed by atoms with Crippen LogP contribution in [-0.2, 0) is 17.6 Å². The zero-order valence-electron chi connectivity index (χ0n) is 19.0. The lowest BCUT2D eigenvalue weighted by Gasteiger charge is -2.44. The normalized spacial score (nSPS) is 31.6. The highest BCUT2D eigenvalue weighted by atomic mass is 16.5. The van der Waals surface area contributed by atoms with Gasteiger partial charge in [0.15, 0.2) is 0 Å². The van der Waals surface area contributed by atoms with Crippen LogP contribution in [0.25, 0.3) is 0 Å². The Balaban J connectivity index is 1.29. The van der Waals surface area contributed by atoms with Gasteiger partial charge in [-0.3, -0.25) is 0 Å². The van der Waals surface area contributed by atoms with Crippen molar-refractivity contribution in [2.24, 2.45) is 23.7 Å². The highest BCUT2D eigenvalue weighted by Crippen LogP contribution is 2.47. The zero-order chi connectivity index (χ0) is 20.8. The number of fused-ring (bicyclic) bond motifs is 2. The van der Waals surface area contributed by atoms with Crippen LogP contribution < -0.4 is 4.74 Å². The third-order valence-corrected chi connectivity index (χ3v) is 7.96. The lowest BCUT2D eigenvalue weighted by molar-refractivity contribution is -0.0138. The van der Waals surface area contributed by atoms with Crippen molar-refractivity contribution in [1.29, 1.82) is 0 Å². The van der Waals surface area contributed by atoms with Gasteiger partial charge in [0.05, 0.1) is 12.7 Å². The van der Waals surface area contributed by atoms with Crippen molar-refractivity contribution in [3.05, 3.63) is 53.6 Å². The van der Waals surface area contributed by atoms with Crippen molar-refractivity contribution in [1.82, 2.24) is 0 Å². The maximum Gasteiger partial charge on any atom is 0.120 e. The van der Waals surface area contributed by atoms with Gasteiger partial charge in [-0.15, -0.1) is 0 Å². The van der Waals surface area contributed by atoms with E-state index in [1.165, 1.54) is 63.4 Å². The molecule has 0 bridgehead atoms. The molecule has 0 heterocycles. The molecule has 0 N–H and O–H groups in total. The lowest BCUT2D eigenvalue weighted by atomic mass is 9.62. The van der Waals surface area contributed by atoms with Gasteiger partial charge < -0.3 is 9.47 Å². The van der Waals surface area contributed by atoms with Crippen LogP contribution in [0.4, 0.5) is 0 Å². The molecule has 0 spiro atoms. The molecule has 1 aromatic rings. The van der Waals surface area contributed by atoms with Crippen molar-refractivity contribution < 1.29 is 9.47 Å². The molecule has 1 aromatic carbocycles. The number of rotatable bonds is 7. The molecule has 3 aliphatic rings. The van der Waals surface area contributed by atoms with Crippen LogP contribution in [0.5, 0.6) is 5.75 Å². The van der Waals surface area contributed by atoms with Gasteiger partial charge in [0.25, 0.3) is 0 Å². The highest BCUT2D eigenvalue weighted by Gasteiger charge is 2.38. The van der Waals surface area contributed by atoms with Crippen molar-refractivity contribution in [3.8, 4) is 5.75 Å². The van der Waals surface area contributed by atoms with Crippen LogP contribution in [0.2, 0.25) is 0 Å². The average Bonchev–Trinajstić information content (AvgIpc) is 2.78. The van der Waals surface area contributed by atoms with E-state index in [1.807, 2.05) is 13.0 Å². The molecule has 0 saturated heterocycles. The van der Waals surface area contributed by atoms with Gasteiger partial charge in [0.2, 0.25) is 0 Å². The Hall–Kier alpha value is -1.54. The molecule has 0 aromatic heterocycles. The predicted molar refractivity (Wildman–Crippen MR) is 125 cm³/mol. The summed E-state index contributed by atoms with van der Waals surface area (Å²) < 4.78 is 11.9. The molecule has 0 radical (unpaired) electrons. The minimum Gasteiger partial charge on any atom is -0.490 e. The first kappa shape index (κ1) is 21.7. The summed E-state index contributed by atoms with van der Waals surface area (Å²) in [5.74, 6) is 4.72. The Morgan fingerprint density at radius 1 is 0.800 bits per heavy atom. The molecular weight excluding hydrogens is 368 g/mol. The van der Waals surface area contributed by atoms with Crippen molar-refractivity contribution in [2.75, 3.05) is 13.2 Å². The summed E-state index contributed by atoms with van der Waals surface area (Å²) in [5, 5.41) is 0. The first-order chi connectivity index (χ1) is 14.8. The third kappa shape index (κ3) is 5.38. The molecule has 164 valence electrons. The average molecular weight is 409 g/mol. The van der Waals surface area contributed by atoms with E-state index in [0.29, 0.717) is 12.7 Å². The minimum absolute atomic E-state index is 0.504. The van der Waals surface area contributed by atoms with Crippen LogP contribution in [0, 0.1) is 23.7 Å². The van der Waals surface area contributed by atoms with E-state index in [4.69, 9.17) is 9.47 Å². The van der Waals surface area contributed by atoms with Crippen LogP contribution in [0.3, 0.4) is 0 Å². The van der Waals surface area contributed by atoms with E-state index >= 15 is 0 Å². The second-order valence-corrected chi connectivity index (χ2v) is 9.74. The summed E-state index contributed by atoms with van der Waals surface area (Å²) in [4.78, 5) is 0. The first-order valence-electron chi connectivity index (χ1n) is 12.3. The van der Waals surface area contributed by atoms with E-state index in [2.05, 4.69) is 43.4 Å². The number of hydrogen-bond donors (Lipinski definition) is 0. The summed E-state index contributed by atoms with van der Waals surface area (Å²) in [6, 6.07) is 6.81. The molecule has 30 heavy (non-hydrogen) atoms. The molecule has 2 heteroatoms. The second-order valence-electron chi connectivity index (χ2n) is 9.74. The fraction of sp³-hybridized carbons (Fsp3) is 0.643. The molecule has 2 nitrogen and oxygen atoms in total. The molecular formula is C28H40O2. The summed E-state index contributed by atoms with van der Waals surface area (Å²) in [6.45, 7) is 5.58. The predicted octanol–water partition coefficient (Wildman–Crippen LogP) is 6.92. The number of allylic oxidation sites excluding steroid dienone is 2. The topological polar surface area (TPSA) is 18.5 Å². The van der Waals surface area contributed by atoms with E-state index in [0.717, 1.165) is 36.0 Å². The molecule has 3 unspecified atom stereocenters. The summed E-state index contributed by atoms with van der Waals surface area (Å²) in [7, 11) is 0. The van der Waals surface area contributed by atoms with Gasteiger partial charge in [-0.05, 0) is 119 Å². The van der Waals surface area contributed by atoms with Gasteiger partial charge in [-0.25, -0.2) is 0 Å². The highest BCUT2D eigenvalue weighted by molar-refractivity contribution is 5.37. The largest absolute Gasteiger partial charge is 0.490 e. The Bertz CT molecular complexity index is 734. The van der Waals surface area contributed by atoms with E-state index in [-0.39, 0.29) is 0 Å². The number of hydrogen-bond acceptors (Lipinski definition) is 2. The quantitative estimate of drug-likeness (QED) is 0.456. The maximum atomic E-state index is 6.09. The van der Waals surface area contributed by atoms with E-state index in [9.17, 15) is 0 Å². The van der Waals surface area contributed by atoms with Crippen molar-refractivity contribution in [2.45, 2.75) is 77.7 Å². The van der Waals surface area contributed by atoms with Gasteiger partial charge in [0, 0.05) is 0 Å². The Morgan fingerprint density at radius 2 is 1.53 bits per heavy atom. The monoisotopic (exact) mass is 408 g/mol. The first-order valence-corrected chi connectivity index (χ1v) is 12.3. The molecule has 2 saturated carbocycles. The van der Waals surface area contributed by atoms with Gasteiger partial charge in [-0.1, -0.05) is 30.4 Å². The number of ether oxygens (including phenoxy) is 2. The van der Waals surface area contributed by atoms with Crippen LogP contribution in [0.1, 0.15) is 69.9 Å². The molecule has 4 rings (SSSR count). The van der Waals surface area contributed by atoms with Crippen LogP contribution in [0.15, 0.2) is 42.5 Å². The van der Waals surface area contributed by atoms with E-state index in [1.54, 1.807) is 5.56 Å². The second kappa shape index (κ2) is 10.7. The van der Waals surface area contributed by atoms with Crippen molar-refractivity contribution in [3.63, 3.8) is 0 Å². The minimum atomic E-state index is 0.504. The fourth-order valence-corrected chi connectivity index (χ4v) is 6.24. The van der Waals surface area contributed by atoms with Crippen LogP contribution >= 0.6 is 0 Å². The summed E-state index contributed by atoms with van der Waals surface area (Å²) >= 11 is 0. The fourth-order valence-electron chi connectivity index (χ4n) is 6.24. The lowest BCUT2D eigenvalue weighted by Crippen LogP contribution is -2.37. The molecule has 5 atom stereocenters. The third-order valence-electron chi connectivity index (χ3n) is 7.96. The molecule has 0 amide bonds. The molecule has 0 aliphatic heterocycles.